The Bertz CT molecular complexity index is 765. The lowest BCUT2D eigenvalue weighted by Gasteiger charge is -2.17. The Labute approximate surface area is 144 Å². The summed E-state index contributed by atoms with van der Waals surface area (Å²) < 4.78 is 18.9. The summed E-state index contributed by atoms with van der Waals surface area (Å²) in [4.78, 5) is 35.7. The van der Waals surface area contributed by atoms with E-state index in [1.807, 2.05) is 0 Å². The lowest BCUT2D eigenvalue weighted by molar-refractivity contribution is -0.155. The van der Waals surface area contributed by atoms with Gasteiger partial charge in [0.05, 0.1) is 6.42 Å². The molecule has 0 unspecified atom stereocenters. The van der Waals surface area contributed by atoms with Crippen LogP contribution in [0.2, 0.25) is 0 Å². The van der Waals surface area contributed by atoms with Crippen molar-refractivity contribution < 1.29 is 23.5 Å². The second-order valence-electron chi connectivity index (χ2n) is 5.12. The second-order valence-corrected chi connectivity index (χ2v) is 5.12. The Morgan fingerprint density at radius 2 is 1.68 bits per heavy atom. The average molecular weight is 344 g/mol. The zero-order chi connectivity index (χ0) is 18.2. The fraction of sp³-hybridized carbons (Fsp3) is 0.167. The SMILES string of the molecule is CNC(=O)NC(=O)[C@H](OC(=O)Cc1ccccc1F)c1ccccc1. The molecule has 0 bridgehead atoms. The first-order chi connectivity index (χ1) is 12.0. The van der Waals surface area contributed by atoms with Crippen molar-refractivity contribution in [1.29, 1.82) is 0 Å². The van der Waals surface area contributed by atoms with E-state index < -0.39 is 29.8 Å². The van der Waals surface area contributed by atoms with Crippen LogP contribution in [0.15, 0.2) is 54.6 Å². The normalized spacial score (nSPS) is 11.3. The van der Waals surface area contributed by atoms with Gasteiger partial charge >= 0.3 is 12.0 Å². The molecule has 6 nitrogen and oxygen atoms in total. The Balaban J connectivity index is 2.15. The van der Waals surface area contributed by atoms with Gasteiger partial charge in [-0.2, -0.15) is 0 Å². The highest BCUT2D eigenvalue weighted by atomic mass is 19.1. The van der Waals surface area contributed by atoms with E-state index in [9.17, 15) is 18.8 Å². The molecule has 2 N–H and O–H groups in total. The zero-order valence-corrected chi connectivity index (χ0v) is 13.5. The van der Waals surface area contributed by atoms with Crippen molar-refractivity contribution >= 4 is 17.9 Å². The molecule has 2 aromatic rings. The van der Waals surface area contributed by atoms with Crippen molar-refractivity contribution in [2.75, 3.05) is 7.05 Å². The molecule has 0 fully saturated rings. The topological polar surface area (TPSA) is 84.5 Å². The highest BCUT2D eigenvalue weighted by molar-refractivity contribution is 5.97. The van der Waals surface area contributed by atoms with Crippen LogP contribution in [0.1, 0.15) is 17.2 Å². The summed E-state index contributed by atoms with van der Waals surface area (Å²) in [6.07, 6.45) is -1.65. The number of hydrogen-bond donors (Lipinski definition) is 2. The number of halogens is 1. The van der Waals surface area contributed by atoms with Crippen LogP contribution in [0, 0.1) is 5.82 Å². The first-order valence-corrected chi connectivity index (χ1v) is 7.51. The predicted molar refractivity (Wildman–Crippen MR) is 88.0 cm³/mol. The summed E-state index contributed by atoms with van der Waals surface area (Å²) in [5, 5.41) is 4.31. The number of ether oxygens (including phenoxy) is 1. The van der Waals surface area contributed by atoms with Gasteiger partial charge in [0.15, 0.2) is 0 Å². The molecule has 0 radical (unpaired) electrons. The van der Waals surface area contributed by atoms with E-state index in [1.165, 1.54) is 25.2 Å². The van der Waals surface area contributed by atoms with Gasteiger partial charge in [0, 0.05) is 12.6 Å². The van der Waals surface area contributed by atoms with E-state index in [0.717, 1.165) is 0 Å². The Morgan fingerprint density at radius 3 is 2.32 bits per heavy atom. The minimum absolute atomic E-state index is 0.158. The summed E-state index contributed by atoms with van der Waals surface area (Å²) >= 11 is 0. The molecule has 1 atom stereocenters. The number of hydrogen-bond acceptors (Lipinski definition) is 4. The second kappa shape index (κ2) is 8.58. The third-order valence-electron chi connectivity index (χ3n) is 3.35. The monoisotopic (exact) mass is 344 g/mol. The average Bonchev–Trinajstić information content (AvgIpc) is 2.62. The molecule has 2 rings (SSSR count). The van der Waals surface area contributed by atoms with Crippen LogP contribution >= 0.6 is 0 Å². The number of imide groups is 1. The Kier molecular flexibility index (Phi) is 6.22. The standard InChI is InChI=1S/C18H17FN2O4/c1-20-18(24)21-17(23)16(12-7-3-2-4-8-12)25-15(22)11-13-9-5-6-10-14(13)19/h2-10,16H,11H2,1H3,(H2,20,21,23,24)/t16-/m1/s1. The van der Waals surface area contributed by atoms with E-state index in [1.54, 1.807) is 36.4 Å². The van der Waals surface area contributed by atoms with Gasteiger partial charge in [-0.05, 0) is 11.6 Å². The summed E-state index contributed by atoms with van der Waals surface area (Å²) in [5.74, 6) is -2.12. The number of urea groups is 1. The van der Waals surface area contributed by atoms with Gasteiger partial charge in [-0.1, -0.05) is 48.5 Å². The highest BCUT2D eigenvalue weighted by Crippen LogP contribution is 2.19. The van der Waals surface area contributed by atoms with E-state index in [-0.39, 0.29) is 12.0 Å². The molecule has 2 aromatic carbocycles. The van der Waals surface area contributed by atoms with Gasteiger partial charge < -0.3 is 10.1 Å². The molecule has 0 aliphatic rings. The highest BCUT2D eigenvalue weighted by Gasteiger charge is 2.26. The lowest BCUT2D eigenvalue weighted by Crippen LogP contribution is -2.41. The summed E-state index contributed by atoms with van der Waals surface area (Å²) in [6, 6.07) is 13.3. The zero-order valence-electron chi connectivity index (χ0n) is 13.5. The summed E-state index contributed by atoms with van der Waals surface area (Å²) in [6.45, 7) is 0. The molecule has 0 spiro atoms. The third kappa shape index (κ3) is 5.13. The minimum Gasteiger partial charge on any atom is -0.447 e. The van der Waals surface area contributed by atoms with Gasteiger partial charge in [-0.25, -0.2) is 9.18 Å². The van der Waals surface area contributed by atoms with Crippen molar-refractivity contribution in [2.24, 2.45) is 0 Å². The summed E-state index contributed by atoms with van der Waals surface area (Å²) in [5.41, 5.74) is 0.553. The van der Waals surface area contributed by atoms with Crippen LogP contribution in [0.25, 0.3) is 0 Å². The van der Waals surface area contributed by atoms with Crippen molar-refractivity contribution in [2.45, 2.75) is 12.5 Å². The number of nitrogens with one attached hydrogen (secondary N) is 2. The molecule has 0 saturated heterocycles. The molecule has 0 aliphatic heterocycles. The van der Waals surface area contributed by atoms with Crippen molar-refractivity contribution in [3.63, 3.8) is 0 Å². The Morgan fingerprint density at radius 1 is 1.04 bits per heavy atom. The quantitative estimate of drug-likeness (QED) is 0.814. The molecular weight excluding hydrogens is 327 g/mol. The number of amides is 3. The number of rotatable bonds is 5. The van der Waals surface area contributed by atoms with E-state index in [2.05, 4.69) is 10.6 Å². The number of benzene rings is 2. The van der Waals surface area contributed by atoms with E-state index >= 15 is 0 Å². The number of carbonyl (C=O) groups is 3. The third-order valence-corrected chi connectivity index (χ3v) is 3.35. The fourth-order valence-electron chi connectivity index (χ4n) is 2.11. The minimum atomic E-state index is -1.32. The molecule has 0 aliphatic carbocycles. The lowest BCUT2D eigenvalue weighted by atomic mass is 10.1. The first kappa shape index (κ1) is 18.1. The maximum atomic E-state index is 13.6. The van der Waals surface area contributed by atoms with Crippen LogP contribution in [-0.4, -0.2) is 25.0 Å². The van der Waals surface area contributed by atoms with Gasteiger partial charge in [0.1, 0.15) is 5.82 Å². The van der Waals surface area contributed by atoms with Crippen LogP contribution < -0.4 is 10.6 Å². The van der Waals surface area contributed by atoms with Crippen molar-refractivity contribution in [1.82, 2.24) is 10.6 Å². The molecule has 0 heterocycles. The largest absolute Gasteiger partial charge is 0.447 e. The molecule has 7 heteroatoms. The first-order valence-electron chi connectivity index (χ1n) is 7.51. The van der Waals surface area contributed by atoms with Crippen LogP contribution in [0.5, 0.6) is 0 Å². The molecule has 25 heavy (non-hydrogen) atoms. The van der Waals surface area contributed by atoms with Crippen LogP contribution in [-0.2, 0) is 20.7 Å². The van der Waals surface area contributed by atoms with Gasteiger partial charge in [-0.3, -0.25) is 14.9 Å². The van der Waals surface area contributed by atoms with Crippen molar-refractivity contribution in [3.05, 3.63) is 71.5 Å². The van der Waals surface area contributed by atoms with Gasteiger partial charge in [0.25, 0.3) is 5.91 Å². The van der Waals surface area contributed by atoms with E-state index in [4.69, 9.17) is 4.74 Å². The van der Waals surface area contributed by atoms with Crippen molar-refractivity contribution in [3.8, 4) is 0 Å². The van der Waals surface area contributed by atoms with Gasteiger partial charge in [-0.15, -0.1) is 0 Å². The fourth-order valence-corrected chi connectivity index (χ4v) is 2.11. The number of esters is 1. The predicted octanol–water partition coefficient (Wildman–Crippen LogP) is 2.11. The Hall–Kier alpha value is -3.22. The molecule has 0 saturated carbocycles. The summed E-state index contributed by atoms with van der Waals surface area (Å²) in [7, 11) is 1.35. The molecule has 0 aromatic heterocycles. The molecular formula is C18H17FN2O4. The van der Waals surface area contributed by atoms with Crippen LogP contribution in [0.4, 0.5) is 9.18 Å². The van der Waals surface area contributed by atoms with E-state index in [0.29, 0.717) is 5.56 Å². The van der Waals surface area contributed by atoms with Crippen LogP contribution in [0.3, 0.4) is 0 Å². The maximum absolute atomic E-state index is 13.6. The number of carbonyl (C=O) groups excluding carboxylic acids is 3. The van der Waals surface area contributed by atoms with Gasteiger partial charge in [0.2, 0.25) is 6.10 Å². The maximum Gasteiger partial charge on any atom is 0.321 e. The smallest absolute Gasteiger partial charge is 0.321 e. The molecule has 130 valence electrons. The molecule has 3 amide bonds.